The highest BCUT2D eigenvalue weighted by atomic mass is 16.5. The van der Waals surface area contributed by atoms with Gasteiger partial charge in [0.25, 0.3) is 0 Å². The molecule has 3 heterocycles. The summed E-state index contributed by atoms with van der Waals surface area (Å²) in [6, 6.07) is -0.243. The minimum atomic E-state index is -0.204. The molecule has 1 aromatic rings. The first-order valence-electron chi connectivity index (χ1n) is 7.67. The second-order valence-electron chi connectivity index (χ2n) is 6.29. The van der Waals surface area contributed by atoms with E-state index in [0.29, 0.717) is 11.9 Å². The maximum atomic E-state index is 12.1. The molecule has 2 amide bonds. The van der Waals surface area contributed by atoms with Crippen molar-refractivity contribution in [3.05, 3.63) is 11.6 Å². The Morgan fingerprint density at radius 2 is 2.19 bits per heavy atom. The van der Waals surface area contributed by atoms with Gasteiger partial charge in [0.1, 0.15) is 5.82 Å². The number of nitrogens with one attached hydrogen (secondary N) is 3. The molecule has 2 fully saturated rings. The van der Waals surface area contributed by atoms with Crippen LogP contribution in [0.25, 0.3) is 0 Å². The number of carbonyl (C=O) groups is 1. The normalized spacial score (nSPS) is 28.9. The number of nitrogens with zero attached hydrogens (tertiary/aromatic N) is 2. The lowest BCUT2D eigenvalue weighted by molar-refractivity contribution is 0.0980. The van der Waals surface area contributed by atoms with Gasteiger partial charge in [0.05, 0.1) is 24.3 Å². The molecule has 0 saturated carbocycles. The Labute approximate surface area is 124 Å². The van der Waals surface area contributed by atoms with Crippen molar-refractivity contribution in [2.45, 2.75) is 70.2 Å². The number of hydrogen-bond acceptors (Lipinski definition) is 4. The molecule has 7 heteroatoms. The number of H-pyrrole nitrogens is 1. The predicted molar refractivity (Wildman–Crippen MR) is 76.9 cm³/mol. The van der Waals surface area contributed by atoms with Crippen LogP contribution in [-0.2, 0) is 4.74 Å². The molecule has 116 valence electrons. The summed E-state index contributed by atoms with van der Waals surface area (Å²) in [6.45, 7) is 5.96. The Morgan fingerprint density at radius 3 is 2.76 bits per heavy atom. The van der Waals surface area contributed by atoms with Crippen LogP contribution in [0, 0.1) is 0 Å². The first kappa shape index (κ1) is 14.3. The number of ether oxygens (including phenoxy) is 1. The largest absolute Gasteiger partial charge is 0.373 e. The maximum Gasteiger partial charge on any atom is 0.315 e. The van der Waals surface area contributed by atoms with Gasteiger partial charge in [-0.2, -0.15) is 5.10 Å². The van der Waals surface area contributed by atoms with Gasteiger partial charge in [-0.15, -0.1) is 0 Å². The monoisotopic (exact) mass is 293 g/mol. The minimum absolute atomic E-state index is 0.136. The number of urea groups is 1. The van der Waals surface area contributed by atoms with E-state index in [2.05, 4.69) is 25.8 Å². The molecule has 7 nitrogen and oxygen atoms in total. The van der Waals surface area contributed by atoms with E-state index in [1.54, 1.807) is 0 Å². The van der Waals surface area contributed by atoms with Gasteiger partial charge < -0.3 is 15.4 Å². The number of rotatable bonds is 4. The van der Waals surface area contributed by atoms with Crippen LogP contribution in [0.4, 0.5) is 4.79 Å². The van der Waals surface area contributed by atoms with Gasteiger partial charge in [0.15, 0.2) is 5.82 Å². The maximum absolute atomic E-state index is 12.1. The lowest BCUT2D eigenvalue weighted by Crippen LogP contribution is -2.47. The van der Waals surface area contributed by atoms with E-state index in [-0.39, 0.29) is 30.1 Å². The second-order valence-corrected chi connectivity index (χ2v) is 6.29. The Balaban J connectivity index is 1.52. The molecule has 21 heavy (non-hydrogen) atoms. The van der Waals surface area contributed by atoms with Crippen molar-refractivity contribution in [3.8, 4) is 0 Å². The summed E-state index contributed by atoms with van der Waals surface area (Å²) in [5.41, 5.74) is 0. The molecule has 3 N–H and O–H groups in total. The first-order valence-corrected chi connectivity index (χ1v) is 7.67. The van der Waals surface area contributed by atoms with Crippen LogP contribution in [0.5, 0.6) is 0 Å². The third-order valence-corrected chi connectivity index (χ3v) is 4.22. The zero-order chi connectivity index (χ0) is 15.0. The molecule has 4 atom stereocenters. The molecular formula is C14H23N5O2. The summed E-state index contributed by atoms with van der Waals surface area (Å²) in [4.78, 5) is 16.5. The summed E-state index contributed by atoms with van der Waals surface area (Å²) in [5, 5.41) is 12.9. The van der Waals surface area contributed by atoms with Gasteiger partial charge in [0.2, 0.25) is 0 Å². The van der Waals surface area contributed by atoms with Crippen molar-refractivity contribution >= 4 is 6.03 Å². The number of amides is 2. The lowest BCUT2D eigenvalue weighted by Gasteiger charge is -2.21. The molecular weight excluding hydrogens is 270 g/mol. The van der Waals surface area contributed by atoms with Crippen LogP contribution < -0.4 is 10.6 Å². The van der Waals surface area contributed by atoms with Crippen LogP contribution in [0.1, 0.15) is 63.6 Å². The molecule has 2 bridgehead atoms. The zero-order valence-electron chi connectivity index (χ0n) is 12.7. The van der Waals surface area contributed by atoms with Crippen molar-refractivity contribution < 1.29 is 9.53 Å². The fourth-order valence-corrected chi connectivity index (χ4v) is 3.00. The Bertz CT molecular complexity index is 515. The zero-order valence-corrected chi connectivity index (χ0v) is 12.7. The van der Waals surface area contributed by atoms with Crippen LogP contribution in [0.3, 0.4) is 0 Å². The van der Waals surface area contributed by atoms with Crippen LogP contribution >= 0.6 is 0 Å². The van der Waals surface area contributed by atoms with Crippen molar-refractivity contribution in [1.29, 1.82) is 0 Å². The summed E-state index contributed by atoms with van der Waals surface area (Å²) >= 11 is 0. The average Bonchev–Trinajstić information content (AvgIpc) is 3.14. The van der Waals surface area contributed by atoms with Gasteiger partial charge in [-0.25, -0.2) is 9.78 Å². The van der Waals surface area contributed by atoms with Crippen LogP contribution in [0.2, 0.25) is 0 Å². The van der Waals surface area contributed by atoms with Crippen molar-refractivity contribution in [2.24, 2.45) is 0 Å². The Hall–Kier alpha value is -1.63. The minimum Gasteiger partial charge on any atom is -0.373 e. The number of aromatic nitrogens is 3. The molecule has 2 saturated heterocycles. The summed E-state index contributed by atoms with van der Waals surface area (Å²) in [5.74, 6) is 1.71. The Kier molecular flexibility index (Phi) is 3.84. The average molecular weight is 293 g/mol. The molecule has 1 aromatic heterocycles. The lowest BCUT2D eigenvalue weighted by atomic mass is 9.96. The smallest absolute Gasteiger partial charge is 0.315 e. The first-order chi connectivity index (χ1) is 10.0. The SMILES string of the molecule is CC(C)c1n[nH]c(C(C)NC(=O)NC2CC3CCC2O3)n1. The predicted octanol–water partition coefficient (Wildman–Crippen LogP) is 1.61. The summed E-state index contributed by atoms with van der Waals surface area (Å²) in [7, 11) is 0. The highest BCUT2D eigenvalue weighted by Gasteiger charge is 2.41. The van der Waals surface area contributed by atoms with Crippen LogP contribution in [-0.4, -0.2) is 39.5 Å². The second kappa shape index (κ2) is 5.63. The van der Waals surface area contributed by atoms with Crippen molar-refractivity contribution in [2.75, 3.05) is 0 Å². The van der Waals surface area contributed by atoms with E-state index in [1.165, 1.54) is 0 Å². The van der Waals surface area contributed by atoms with E-state index in [9.17, 15) is 4.79 Å². The molecule has 0 aliphatic carbocycles. The fourth-order valence-electron chi connectivity index (χ4n) is 3.00. The third kappa shape index (κ3) is 3.02. The van der Waals surface area contributed by atoms with E-state index < -0.39 is 0 Å². The fraction of sp³-hybridized carbons (Fsp3) is 0.786. The number of hydrogen-bond donors (Lipinski definition) is 3. The van der Waals surface area contributed by atoms with E-state index in [1.807, 2.05) is 20.8 Å². The van der Waals surface area contributed by atoms with Crippen molar-refractivity contribution in [3.63, 3.8) is 0 Å². The molecule has 2 aliphatic rings. The Morgan fingerprint density at radius 1 is 1.38 bits per heavy atom. The summed E-state index contributed by atoms with van der Waals surface area (Å²) in [6.07, 6.45) is 3.61. The quantitative estimate of drug-likeness (QED) is 0.786. The molecule has 2 aliphatic heterocycles. The van der Waals surface area contributed by atoms with E-state index in [4.69, 9.17) is 4.74 Å². The third-order valence-electron chi connectivity index (χ3n) is 4.22. The van der Waals surface area contributed by atoms with E-state index >= 15 is 0 Å². The standard InChI is InChI=1S/C14H23N5O2/c1-7(2)12-17-13(19-18-12)8(3)15-14(20)16-10-6-9-4-5-11(10)21-9/h7-11H,4-6H2,1-3H3,(H2,15,16,20)(H,17,18,19). The van der Waals surface area contributed by atoms with Gasteiger partial charge >= 0.3 is 6.03 Å². The van der Waals surface area contributed by atoms with Gasteiger partial charge in [-0.1, -0.05) is 13.8 Å². The van der Waals surface area contributed by atoms with Gasteiger partial charge in [-0.3, -0.25) is 5.10 Å². The molecule has 4 unspecified atom stereocenters. The summed E-state index contributed by atoms with van der Waals surface area (Å²) < 4.78 is 5.73. The number of carbonyl (C=O) groups excluding carboxylic acids is 1. The van der Waals surface area contributed by atoms with Gasteiger partial charge in [0, 0.05) is 5.92 Å². The molecule has 3 rings (SSSR count). The highest BCUT2D eigenvalue weighted by Crippen LogP contribution is 2.34. The molecule has 0 radical (unpaired) electrons. The topological polar surface area (TPSA) is 91.9 Å². The number of fused-ring (bicyclic) bond motifs is 2. The van der Waals surface area contributed by atoms with Crippen molar-refractivity contribution in [1.82, 2.24) is 25.8 Å². The molecule has 0 spiro atoms. The van der Waals surface area contributed by atoms with E-state index in [0.717, 1.165) is 25.1 Å². The van der Waals surface area contributed by atoms with Gasteiger partial charge in [-0.05, 0) is 26.2 Å². The van der Waals surface area contributed by atoms with Crippen LogP contribution in [0.15, 0.2) is 0 Å². The number of aromatic amines is 1. The molecule has 0 aromatic carbocycles. The highest BCUT2D eigenvalue weighted by molar-refractivity contribution is 5.74.